The summed E-state index contributed by atoms with van der Waals surface area (Å²) in [5, 5.41) is 5.15. The second-order valence-electron chi connectivity index (χ2n) is 6.71. The van der Waals surface area contributed by atoms with Crippen molar-refractivity contribution in [1.29, 1.82) is 0 Å². The molecule has 0 saturated carbocycles. The highest BCUT2D eigenvalue weighted by Crippen LogP contribution is 2.27. The number of piperidine rings is 1. The Bertz CT molecular complexity index is 711. The fraction of sp³-hybridized carbons (Fsp3) is 0.500. The summed E-state index contributed by atoms with van der Waals surface area (Å²) in [7, 11) is 0. The van der Waals surface area contributed by atoms with Gasteiger partial charge in [-0.15, -0.1) is 11.3 Å². The number of thioether (sulfide) groups is 1. The van der Waals surface area contributed by atoms with E-state index in [2.05, 4.69) is 20.6 Å². The van der Waals surface area contributed by atoms with Gasteiger partial charge in [-0.25, -0.2) is 4.98 Å². The van der Waals surface area contributed by atoms with Gasteiger partial charge in [0, 0.05) is 28.9 Å². The summed E-state index contributed by atoms with van der Waals surface area (Å²) >= 11 is 3.35. The van der Waals surface area contributed by atoms with Gasteiger partial charge in [0.1, 0.15) is 4.34 Å². The Hall–Kier alpha value is -1.37. The molecule has 1 fully saturated rings. The molecule has 2 aromatic rings. The summed E-state index contributed by atoms with van der Waals surface area (Å²) in [4.78, 5) is 19.6. The molecule has 1 aliphatic heterocycles. The van der Waals surface area contributed by atoms with Gasteiger partial charge in [0.15, 0.2) is 0 Å². The Morgan fingerprint density at radius 1 is 1.27 bits per heavy atom. The van der Waals surface area contributed by atoms with Crippen molar-refractivity contribution in [2.24, 2.45) is 0 Å². The van der Waals surface area contributed by atoms with E-state index in [1.165, 1.54) is 32.4 Å². The molecule has 0 atom stereocenters. The second kappa shape index (κ2) is 10.1. The summed E-state index contributed by atoms with van der Waals surface area (Å²) in [6.45, 7) is 6.25. The smallest absolute Gasteiger partial charge is 0.251 e. The maximum Gasteiger partial charge on any atom is 0.251 e. The number of rotatable bonds is 8. The lowest BCUT2D eigenvalue weighted by atomic mass is 10.1. The lowest BCUT2D eigenvalue weighted by Gasteiger charge is -2.26. The van der Waals surface area contributed by atoms with Gasteiger partial charge >= 0.3 is 0 Å². The maximum absolute atomic E-state index is 12.6. The number of hydrogen-bond donors (Lipinski definition) is 1. The normalized spacial score (nSPS) is 15.1. The number of amides is 1. The van der Waals surface area contributed by atoms with E-state index in [9.17, 15) is 4.79 Å². The molecule has 0 radical (unpaired) electrons. The fourth-order valence-corrected chi connectivity index (χ4v) is 5.04. The van der Waals surface area contributed by atoms with Crippen molar-refractivity contribution in [1.82, 2.24) is 15.2 Å². The number of hydrogen-bond acceptors (Lipinski definition) is 5. The number of nitrogens with one attached hydrogen (secondary N) is 1. The van der Waals surface area contributed by atoms with Crippen LogP contribution >= 0.6 is 23.1 Å². The molecule has 26 heavy (non-hydrogen) atoms. The molecule has 1 amide bonds. The van der Waals surface area contributed by atoms with Crippen LogP contribution in [-0.2, 0) is 5.75 Å². The van der Waals surface area contributed by atoms with E-state index >= 15 is 0 Å². The summed E-state index contributed by atoms with van der Waals surface area (Å²) in [5.41, 5.74) is 2.90. The third kappa shape index (κ3) is 5.83. The highest BCUT2D eigenvalue weighted by Gasteiger charge is 2.13. The lowest BCUT2D eigenvalue weighted by Crippen LogP contribution is -2.33. The zero-order valence-corrected chi connectivity index (χ0v) is 17.0. The quantitative estimate of drug-likeness (QED) is 0.538. The minimum atomic E-state index is 0.0372. The molecule has 0 bridgehead atoms. The molecule has 0 aliphatic carbocycles. The standard InChI is InChI=1S/C20H27N3OS2/c1-16-14-25-20(22-16)26-15-17-8-3-4-9-18(17)19(24)21-10-7-13-23-11-5-2-6-12-23/h3-4,8-9,14H,2,5-7,10-13,15H2,1H3,(H,21,24). The molecule has 1 aliphatic rings. The average Bonchev–Trinajstić information content (AvgIpc) is 3.10. The molecule has 0 spiro atoms. The lowest BCUT2D eigenvalue weighted by molar-refractivity contribution is 0.0950. The van der Waals surface area contributed by atoms with Gasteiger partial charge in [-0.3, -0.25) is 4.79 Å². The zero-order valence-electron chi connectivity index (χ0n) is 15.4. The van der Waals surface area contributed by atoms with E-state index < -0.39 is 0 Å². The number of likely N-dealkylation sites (tertiary alicyclic amines) is 1. The molecule has 2 heterocycles. The van der Waals surface area contributed by atoms with Crippen LogP contribution in [0, 0.1) is 6.92 Å². The molecule has 3 rings (SSSR count). The number of aromatic nitrogens is 1. The molecule has 140 valence electrons. The predicted molar refractivity (Wildman–Crippen MR) is 110 cm³/mol. The Kier molecular flexibility index (Phi) is 7.53. The van der Waals surface area contributed by atoms with E-state index in [-0.39, 0.29) is 5.91 Å². The predicted octanol–water partition coefficient (Wildman–Crippen LogP) is 4.35. The molecule has 4 nitrogen and oxygen atoms in total. The van der Waals surface area contributed by atoms with E-state index in [1.807, 2.05) is 31.2 Å². The number of aryl methyl sites for hydroxylation is 1. The van der Waals surface area contributed by atoms with Crippen LogP contribution in [0.1, 0.15) is 47.3 Å². The van der Waals surface area contributed by atoms with Crippen molar-refractivity contribution >= 4 is 29.0 Å². The van der Waals surface area contributed by atoms with Gasteiger partial charge < -0.3 is 10.2 Å². The Balaban J connectivity index is 1.47. The number of thiazole rings is 1. The van der Waals surface area contributed by atoms with Crippen molar-refractivity contribution in [3.05, 3.63) is 46.5 Å². The topological polar surface area (TPSA) is 45.2 Å². The van der Waals surface area contributed by atoms with Gasteiger partial charge in [0.05, 0.1) is 0 Å². The number of benzene rings is 1. The van der Waals surface area contributed by atoms with Crippen LogP contribution in [-0.4, -0.2) is 42.0 Å². The molecular weight excluding hydrogens is 362 g/mol. The van der Waals surface area contributed by atoms with Gasteiger partial charge in [0.25, 0.3) is 5.91 Å². The van der Waals surface area contributed by atoms with Crippen LogP contribution in [0.3, 0.4) is 0 Å². The van der Waals surface area contributed by atoms with Crippen molar-refractivity contribution in [2.75, 3.05) is 26.2 Å². The van der Waals surface area contributed by atoms with Gasteiger partial charge in [-0.05, 0) is 57.5 Å². The number of carbonyl (C=O) groups excluding carboxylic acids is 1. The van der Waals surface area contributed by atoms with Gasteiger partial charge in [0.2, 0.25) is 0 Å². The van der Waals surface area contributed by atoms with Crippen LogP contribution in [0.15, 0.2) is 34.0 Å². The SMILES string of the molecule is Cc1csc(SCc2ccccc2C(=O)NCCCN2CCCCC2)n1. The van der Waals surface area contributed by atoms with Gasteiger partial charge in [-0.2, -0.15) is 0 Å². The largest absolute Gasteiger partial charge is 0.352 e. The van der Waals surface area contributed by atoms with Crippen LogP contribution in [0.5, 0.6) is 0 Å². The summed E-state index contributed by atoms with van der Waals surface area (Å²) in [6.07, 6.45) is 5.01. The van der Waals surface area contributed by atoms with Crippen molar-refractivity contribution in [3.8, 4) is 0 Å². The van der Waals surface area contributed by atoms with Crippen molar-refractivity contribution in [2.45, 2.75) is 42.7 Å². The summed E-state index contributed by atoms with van der Waals surface area (Å²) < 4.78 is 1.05. The first-order valence-corrected chi connectivity index (χ1v) is 11.2. The number of carbonyl (C=O) groups is 1. The first kappa shape index (κ1) is 19.4. The highest BCUT2D eigenvalue weighted by atomic mass is 32.2. The Morgan fingerprint density at radius 2 is 2.08 bits per heavy atom. The number of nitrogens with zero attached hydrogens (tertiary/aromatic N) is 2. The minimum Gasteiger partial charge on any atom is -0.352 e. The minimum absolute atomic E-state index is 0.0372. The first-order valence-electron chi connectivity index (χ1n) is 9.36. The van der Waals surface area contributed by atoms with Crippen LogP contribution in [0.4, 0.5) is 0 Å². The molecular formula is C20H27N3OS2. The zero-order chi connectivity index (χ0) is 18.2. The fourth-order valence-electron chi connectivity index (χ4n) is 3.19. The molecule has 1 saturated heterocycles. The molecule has 0 unspecified atom stereocenters. The van der Waals surface area contributed by atoms with Crippen LogP contribution in [0.2, 0.25) is 0 Å². The van der Waals surface area contributed by atoms with E-state index in [0.29, 0.717) is 0 Å². The second-order valence-corrected chi connectivity index (χ2v) is 8.79. The molecule has 1 aromatic heterocycles. The van der Waals surface area contributed by atoms with Crippen molar-refractivity contribution in [3.63, 3.8) is 0 Å². The molecule has 1 N–H and O–H groups in total. The third-order valence-corrected chi connectivity index (χ3v) is 6.78. The van der Waals surface area contributed by atoms with E-state index in [4.69, 9.17) is 0 Å². The van der Waals surface area contributed by atoms with E-state index in [1.54, 1.807) is 23.1 Å². The third-order valence-electron chi connectivity index (χ3n) is 4.60. The monoisotopic (exact) mass is 389 g/mol. The summed E-state index contributed by atoms with van der Waals surface area (Å²) in [5.74, 6) is 0.805. The Morgan fingerprint density at radius 3 is 2.85 bits per heavy atom. The van der Waals surface area contributed by atoms with E-state index in [0.717, 1.165) is 46.4 Å². The van der Waals surface area contributed by atoms with Crippen LogP contribution < -0.4 is 5.32 Å². The molecule has 1 aromatic carbocycles. The van der Waals surface area contributed by atoms with Crippen molar-refractivity contribution < 1.29 is 4.79 Å². The summed E-state index contributed by atoms with van der Waals surface area (Å²) in [6, 6.07) is 7.89. The first-order chi connectivity index (χ1) is 12.7. The average molecular weight is 390 g/mol. The molecule has 6 heteroatoms. The van der Waals surface area contributed by atoms with Gasteiger partial charge in [-0.1, -0.05) is 36.4 Å². The highest BCUT2D eigenvalue weighted by molar-refractivity contribution is 8.00. The van der Waals surface area contributed by atoms with Crippen LogP contribution in [0.25, 0.3) is 0 Å². The Labute approximate surface area is 164 Å². The maximum atomic E-state index is 12.6.